The molecule has 1 aliphatic carbocycles. The summed E-state index contributed by atoms with van der Waals surface area (Å²) < 4.78 is 27.0. The number of hydrogen-bond donors (Lipinski definition) is 2. The van der Waals surface area contributed by atoms with E-state index in [2.05, 4.69) is 34.3 Å². The van der Waals surface area contributed by atoms with Crippen LogP contribution in [0.2, 0.25) is 0 Å². The third-order valence-corrected chi connectivity index (χ3v) is 7.89. The lowest BCUT2D eigenvalue weighted by Crippen LogP contribution is -2.31. The van der Waals surface area contributed by atoms with Crippen molar-refractivity contribution in [1.82, 2.24) is 10.0 Å². The summed E-state index contributed by atoms with van der Waals surface area (Å²) >= 11 is 0. The average molecular weight is 440 g/mol. The molecule has 2 N–H and O–H groups in total. The number of nitrogens with one attached hydrogen (secondary N) is 2. The first-order valence-electron chi connectivity index (χ1n) is 11.6. The van der Waals surface area contributed by atoms with Crippen LogP contribution in [0.25, 0.3) is 0 Å². The minimum atomic E-state index is -3.37. The highest BCUT2D eigenvalue weighted by molar-refractivity contribution is 7.89. The van der Waals surface area contributed by atoms with Gasteiger partial charge in [0.2, 0.25) is 10.0 Å². The number of fused-ring (bicyclic) bond motifs is 3. The summed E-state index contributed by atoms with van der Waals surface area (Å²) in [5, 5.41) is 3.67. The topological polar surface area (TPSA) is 70.6 Å². The number of amidine groups is 1. The van der Waals surface area contributed by atoms with Gasteiger partial charge in [0.1, 0.15) is 0 Å². The van der Waals surface area contributed by atoms with Crippen molar-refractivity contribution in [1.29, 1.82) is 0 Å². The van der Waals surface area contributed by atoms with Crippen molar-refractivity contribution >= 4 is 15.9 Å². The summed E-state index contributed by atoms with van der Waals surface area (Å²) in [7, 11) is -3.37. The molecule has 1 heterocycles. The second-order valence-electron chi connectivity index (χ2n) is 8.61. The van der Waals surface area contributed by atoms with Gasteiger partial charge in [-0.2, -0.15) is 0 Å². The van der Waals surface area contributed by atoms with Crippen molar-refractivity contribution in [3.05, 3.63) is 65.7 Å². The Hall–Kier alpha value is -2.18. The highest BCUT2D eigenvalue weighted by atomic mass is 32.2. The fraction of sp³-hybridized carbons (Fsp3) is 0.480. The molecule has 2 aromatic rings. The van der Waals surface area contributed by atoms with Gasteiger partial charge < -0.3 is 5.32 Å². The molecule has 4 rings (SSSR count). The van der Waals surface area contributed by atoms with Gasteiger partial charge in [0, 0.05) is 31.5 Å². The van der Waals surface area contributed by atoms with Crippen LogP contribution in [0.5, 0.6) is 0 Å². The van der Waals surface area contributed by atoms with Crippen molar-refractivity contribution in [2.75, 3.05) is 13.1 Å². The summed E-state index contributed by atoms with van der Waals surface area (Å²) in [6.45, 7) is 1.37. The monoisotopic (exact) mass is 439 g/mol. The first kappa shape index (κ1) is 22.0. The quantitative estimate of drug-likeness (QED) is 0.539. The zero-order valence-corrected chi connectivity index (χ0v) is 18.9. The Balaban J connectivity index is 1.10. The van der Waals surface area contributed by atoms with Crippen LogP contribution in [0.3, 0.4) is 0 Å². The van der Waals surface area contributed by atoms with Crippen LogP contribution in [-0.4, -0.2) is 33.4 Å². The van der Waals surface area contributed by atoms with E-state index in [1.54, 1.807) is 24.3 Å². The number of rotatable bonds is 10. The van der Waals surface area contributed by atoms with E-state index in [-0.39, 0.29) is 0 Å². The molecule has 2 aliphatic rings. The highest BCUT2D eigenvalue weighted by Crippen LogP contribution is 2.37. The zero-order valence-electron chi connectivity index (χ0n) is 18.1. The van der Waals surface area contributed by atoms with E-state index >= 15 is 0 Å². The molecule has 0 aromatic heterocycles. The first-order chi connectivity index (χ1) is 15.1. The Bertz CT molecular complexity index is 989. The van der Waals surface area contributed by atoms with Crippen molar-refractivity contribution in [2.24, 2.45) is 4.99 Å². The molecule has 2 atom stereocenters. The van der Waals surface area contributed by atoms with E-state index in [1.807, 2.05) is 6.07 Å². The maximum atomic E-state index is 12.2. The molecular formula is C25H33N3O2S. The fourth-order valence-electron chi connectivity index (χ4n) is 4.74. The molecule has 0 saturated carbocycles. The van der Waals surface area contributed by atoms with Crippen molar-refractivity contribution < 1.29 is 8.42 Å². The van der Waals surface area contributed by atoms with Crippen molar-refractivity contribution in [2.45, 2.75) is 68.2 Å². The van der Waals surface area contributed by atoms with Gasteiger partial charge in [-0.15, -0.1) is 0 Å². The SMILES string of the molecule is O=S(=O)(NCCCCCCCN=C1CC2c3ccccc3CCC2N1)c1ccccc1. The predicted octanol–water partition coefficient (Wildman–Crippen LogP) is 4.41. The lowest BCUT2D eigenvalue weighted by Gasteiger charge is -2.27. The summed E-state index contributed by atoms with van der Waals surface area (Å²) in [6.07, 6.45) is 8.66. The number of aryl methyl sites for hydroxylation is 1. The van der Waals surface area contributed by atoms with Crippen LogP contribution in [-0.2, 0) is 16.4 Å². The maximum absolute atomic E-state index is 12.2. The van der Waals surface area contributed by atoms with Crippen LogP contribution in [0.4, 0.5) is 0 Å². The minimum Gasteiger partial charge on any atom is -0.370 e. The number of unbranched alkanes of at least 4 members (excludes halogenated alkanes) is 4. The third-order valence-electron chi connectivity index (χ3n) is 6.41. The van der Waals surface area contributed by atoms with Gasteiger partial charge in [0.05, 0.1) is 10.7 Å². The van der Waals surface area contributed by atoms with Gasteiger partial charge in [0.15, 0.2) is 0 Å². The number of benzene rings is 2. The Kier molecular flexibility index (Phi) is 7.41. The summed E-state index contributed by atoms with van der Waals surface area (Å²) in [5.74, 6) is 1.77. The number of aliphatic imine (C=N–C) groups is 1. The maximum Gasteiger partial charge on any atom is 0.240 e. The van der Waals surface area contributed by atoms with E-state index in [4.69, 9.17) is 4.99 Å². The molecule has 0 radical (unpaired) electrons. The Morgan fingerprint density at radius 2 is 1.68 bits per heavy atom. The van der Waals surface area contributed by atoms with Crippen LogP contribution in [0.15, 0.2) is 64.5 Å². The Labute approximate surface area is 186 Å². The van der Waals surface area contributed by atoms with Gasteiger partial charge in [-0.3, -0.25) is 4.99 Å². The van der Waals surface area contributed by atoms with Gasteiger partial charge in [-0.1, -0.05) is 61.7 Å². The molecule has 0 amide bonds. The molecule has 166 valence electrons. The predicted molar refractivity (Wildman–Crippen MR) is 126 cm³/mol. The lowest BCUT2D eigenvalue weighted by atomic mass is 9.80. The largest absolute Gasteiger partial charge is 0.370 e. The zero-order chi connectivity index (χ0) is 21.5. The molecule has 1 saturated heterocycles. The second kappa shape index (κ2) is 10.4. The second-order valence-corrected chi connectivity index (χ2v) is 10.4. The van der Waals surface area contributed by atoms with Crippen LogP contribution in [0, 0.1) is 0 Å². The minimum absolute atomic E-state index is 0.331. The van der Waals surface area contributed by atoms with Crippen LogP contribution < -0.4 is 10.0 Å². The van der Waals surface area contributed by atoms with E-state index in [0.717, 1.165) is 45.1 Å². The Morgan fingerprint density at radius 1 is 0.935 bits per heavy atom. The molecule has 2 aromatic carbocycles. The third kappa shape index (κ3) is 5.74. The average Bonchev–Trinajstić information content (AvgIpc) is 3.22. The molecule has 6 heteroatoms. The molecule has 2 unspecified atom stereocenters. The van der Waals surface area contributed by atoms with Gasteiger partial charge >= 0.3 is 0 Å². The molecular weight excluding hydrogens is 406 g/mol. The standard InChI is InChI=1S/C25H33N3O2S/c29-31(30,21-12-5-4-6-13-21)27-18-10-3-1-2-9-17-26-25-19-23-22-14-8-7-11-20(22)15-16-24(23)28-25/h4-8,11-14,23-24,27H,1-3,9-10,15-19H2,(H,26,28). The summed E-state index contributed by atoms with van der Waals surface area (Å²) in [5.41, 5.74) is 3.03. The smallest absolute Gasteiger partial charge is 0.240 e. The van der Waals surface area contributed by atoms with E-state index in [1.165, 1.54) is 29.8 Å². The normalized spacial score (nSPS) is 21.5. The van der Waals surface area contributed by atoms with Gasteiger partial charge in [0.25, 0.3) is 0 Å². The lowest BCUT2D eigenvalue weighted by molar-refractivity contribution is 0.486. The van der Waals surface area contributed by atoms with Crippen LogP contribution >= 0.6 is 0 Å². The fourth-order valence-corrected chi connectivity index (χ4v) is 5.83. The number of nitrogens with zero attached hydrogens (tertiary/aromatic N) is 1. The van der Waals surface area contributed by atoms with E-state index in [0.29, 0.717) is 23.4 Å². The molecule has 31 heavy (non-hydrogen) atoms. The van der Waals surface area contributed by atoms with E-state index < -0.39 is 10.0 Å². The molecule has 0 bridgehead atoms. The highest BCUT2D eigenvalue weighted by Gasteiger charge is 2.35. The van der Waals surface area contributed by atoms with Gasteiger partial charge in [-0.05, 0) is 48.9 Å². The van der Waals surface area contributed by atoms with Crippen molar-refractivity contribution in [3.8, 4) is 0 Å². The first-order valence-corrected chi connectivity index (χ1v) is 13.0. The Morgan fingerprint density at radius 3 is 2.55 bits per heavy atom. The molecule has 1 aliphatic heterocycles. The van der Waals surface area contributed by atoms with Crippen LogP contribution in [0.1, 0.15) is 62.0 Å². The van der Waals surface area contributed by atoms with Crippen molar-refractivity contribution in [3.63, 3.8) is 0 Å². The molecule has 5 nitrogen and oxygen atoms in total. The molecule has 1 fully saturated rings. The summed E-state index contributed by atoms with van der Waals surface area (Å²) in [4.78, 5) is 5.17. The summed E-state index contributed by atoms with van der Waals surface area (Å²) in [6, 6.07) is 18.0. The van der Waals surface area contributed by atoms with E-state index in [9.17, 15) is 8.42 Å². The van der Waals surface area contributed by atoms with Gasteiger partial charge in [-0.25, -0.2) is 13.1 Å². The number of hydrogen-bond acceptors (Lipinski definition) is 3. The molecule has 0 spiro atoms. The number of sulfonamides is 1.